The van der Waals surface area contributed by atoms with Gasteiger partial charge in [0.2, 0.25) is 5.91 Å². The summed E-state index contributed by atoms with van der Waals surface area (Å²) in [6.45, 7) is 6.28. The Balaban J connectivity index is 1.96. The molecule has 0 aliphatic heterocycles. The molecule has 8 heteroatoms. The van der Waals surface area contributed by atoms with Crippen molar-refractivity contribution in [2.24, 2.45) is 5.92 Å². The highest BCUT2D eigenvalue weighted by molar-refractivity contribution is 7.99. The van der Waals surface area contributed by atoms with Gasteiger partial charge in [-0.3, -0.25) is 14.2 Å². The number of thioether (sulfide) groups is 1. The number of unbranched alkanes of at least 4 members (excludes halogenated alkanes) is 1. The van der Waals surface area contributed by atoms with Gasteiger partial charge in [-0.2, -0.15) is 0 Å². The second kappa shape index (κ2) is 9.38. The zero-order chi connectivity index (χ0) is 19.1. The third-order valence-electron chi connectivity index (χ3n) is 3.79. The fourth-order valence-electron chi connectivity index (χ4n) is 2.17. The van der Waals surface area contributed by atoms with E-state index < -0.39 is 0 Å². The number of hydrogen-bond donors (Lipinski definition) is 2. The molecule has 2 aromatic rings. The zero-order valence-electron chi connectivity index (χ0n) is 15.2. The lowest BCUT2D eigenvalue weighted by Crippen LogP contribution is -2.18. The molecule has 0 spiro atoms. The highest BCUT2D eigenvalue weighted by Gasteiger charge is 2.13. The van der Waals surface area contributed by atoms with Gasteiger partial charge >= 0.3 is 5.69 Å². The molecular formula is C18H24N4O3S. The SMILES string of the molecule is CCCCn1c(SCC(=O)c2ccc(NC(=O)C(C)C)cc2)n[nH]c1=O. The van der Waals surface area contributed by atoms with Gasteiger partial charge in [0.25, 0.3) is 0 Å². The van der Waals surface area contributed by atoms with E-state index in [-0.39, 0.29) is 29.1 Å². The largest absolute Gasteiger partial charge is 0.343 e. The summed E-state index contributed by atoms with van der Waals surface area (Å²) in [7, 11) is 0. The van der Waals surface area contributed by atoms with Gasteiger partial charge in [-0.15, -0.1) is 5.10 Å². The van der Waals surface area contributed by atoms with Crippen LogP contribution in [0.1, 0.15) is 44.0 Å². The van der Waals surface area contributed by atoms with Crippen LogP contribution in [0.4, 0.5) is 5.69 Å². The molecule has 1 heterocycles. The topological polar surface area (TPSA) is 96.8 Å². The lowest BCUT2D eigenvalue weighted by molar-refractivity contribution is -0.118. The van der Waals surface area contributed by atoms with E-state index in [4.69, 9.17) is 0 Å². The highest BCUT2D eigenvalue weighted by atomic mass is 32.2. The molecule has 1 amide bonds. The van der Waals surface area contributed by atoms with Gasteiger partial charge in [-0.25, -0.2) is 9.89 Å². The van der Waals surface area contributed by atoms with E-state index in [1.807, 2.05) is 13.8 Å². The first-order valence-electron chi connectivity index (χ1n) is 8.64. The van der Waals surface area contributed by atoms with E-state index in [9.17, 15) is 14.4 Å². The Morgan fingerprint density at radius 2 is 1.96 bits per heavy atom. The molecule has 2 rings (SSSR count). The van der Waals surface area contributed by atoms with Crippen molar-refractivity contribution >= 4 is 29.1 Å². The molecule has 0 aliphatic rings. The number of rotatable bonds is 9. The fraction of sp³-hybridized carbons (Fsp3) is 0.444. The Kier molecular flexibility index (Phi) is 7.20. The number of carbonyl (C=O) groups excluding carboxylic acids is 2. The number of anilines is 1. The van der Waals surface area contributed by atoms with Crippen LogP contribution in [0.3, 0.4) is 0 Å². The molecule has 0 atom stereocenters. The lowest BCUT2D eigenvalue weighted by atomic mass is 10.1. The van der Waals surface area contributed by atoms with Gasteiger partial charge in [-0.05, 0) is 30.7 Å². The first kappa shape index (κ1) is 20.0. The van der Waals surface area contributed by atoms with Gasteiger partial charge in [0.15, 0.2) is 10.9 Å². The molecule has 1 aromatic carbocycles. The summed E-state index contributed by atoms with van der Waals surface area (Å²) in [4.78, 5) is 35.8. The van der Waals surface area contributed by atoms with Gasteiger partial charge in [0.1, 0.15) is 0 Å². The molecular weight excluding hydrogens is 352 g/mol. The quantitative estimate of drug-likeness (QED) is 0.518. The predicted octanol–water partition coefficient (Wildman–Crippen LogP) is 2.94. The number of aromatic amines is 1. The lowest BCUT2D eigenvalue weighted by Gasteiger charge is -2.08. The van der Waals surface area contributed by atoms with Crippen LogP contribution in [-0.2, 0) is 11.3 Å². The number of aromatic nitrogens is 3. The Labute approximate surface area is 156 Å². The first-order chi connectivity index (χ1) is 12.4. The molecule has 2 N–H and O–H groups in total. The zero-order valence-corrected chi connectivity index (χ0v) is 16.1. The van der Waals surface area contributed by atoms with Crippen LogP contribution in [-0.4, -0.2) is 32.2 Å². The van der Waals surface area contributed by atoms with Gasteiger partial charge in [-0.1, -0.05) is 39.0 Å². The average Bonchev–Trinajstić information content (AvgIpc) is 2.98. The fourth-order valence-corrected chi connectivity index (χ4v) is 3.03. The molecule has 26 heavy (non-hydrogen) atoms. The Bertz CT molecular complexity index is 809. The molecule has 0 bridgehead atoms. The molecule has 0 radical (unpaired) electrons. The number of ketones is 1. The number of hydrogen-bond acceptors (Lipinski definition) is 5. The normalized spacial score (nSPS) is 10.9. The minimum absolute atomic E-state index is 0.0609. The van der Waals surface area contributed by atoms with Gasteiger partial charge in [0.05, 0.1) is 5.75 Å². The van der Waals surface area contributed by atoms with Crippen molar-refractivity contribution in [3.05, 3.63) is 40.3 Å². The van der Waals surface area contributed by atoms with Crippen LogP contribution in [0.15, 0.2) is 34.2 Å². The Morgan fingerprint density at radius 1 is 1.27 bits per heavy atom. The molecule has 0 aliphatic carbocycles. The maximum atomic E-state index is 12.4. The molecule has 140 valence electrons. The first-order valence-corrected chi connectivity index (χ1v) is 9.63. The highest BCUT2D eigenvalue weighted by Crippen LogP contribution is 2.17. The van der Waals surface area contributed by atoms with E-state index in [1.165, 1.54) is 11.8 Å². The van der Waals surface area contributed by atoms with Crippen LogP contribution in [0.2, 0.25) is 0 Å². The standard InChI is InChI=1S/C18H24N4O3S/c1-4-5-10-22-17(25)20-21-18(22)26-11-15(23)13-6-8-14(9-7-13)19-16(24)12(2)3/h6-9,12H,4-5,10-11H2,1-3H3,(H,19,24)(H,20,25). The Hall–Kier alpha value is -2.35. The summed E-state index contributed by atoms with van der Waals surface area (Å²) in [5.41, 5.74) is 0.963. The minimum atomic E-state index is -0.251. The average molecular weight is 376 g/mol. The van der Waals surface area contributed by atoms with E-state index in [2.05, 4.69) is 22.4 Å². The maximum Gasteiger partial charge on any atom is 0.343 e. The minimum Gasteiger partial charge on any atom is -0.326 e. The number of nitrogens with one attached hydrogen (secondary N) is 2. The van der Waals surface area contributed by atoms with E-state index >= 15 is 0 Å². The number of nitrogens with zero attached hydrogens (tertiary/aromatic N) is 2. The van der Waals surface area contributed by atoms with Crippen LogP contribution in [0.5, 0.6) is 0 Å². The van der Waals surface area contributed by atoms with Crippen molar-refractivity contribution in [3.8, 4) is 0 Å². The van der Waals surface area contributed by atoms with Crippen LogP contribution >= 0.6 is 11.8 Å². The number of benzene rings is 1. The van der Waals surface area contributed by atoms with Crippen LogP contribution in [0.25, 0.3) is 0 Å². The Morgan fingerprint density at radius 3 is 2.58 bits per heavy atom. The summed E-state index contributed by atoms with van der Waals surface area (Å²) in [6, 6.07) is 6.80. The second-order valence-corrected chi connectivity index (χ2v) is 7.19. The van der Waals surface area contributed by atoms with Crippen molar-refractivity contribution in [1.82, 2.24) is 14.8 Å². The van der Waals surface area contributed by atoms with Crippen molar-refractivity contribution in [3.63, 3.8) is 0 Å². The summed E-state index contributed by atoms with van der Waals surface area (Å²) in [5, 5.41) is 9.73. The van der Waals surface area contributed by atoms with E-state index in [0.29, 0.717) is 23.0 Å². The predicted molar refractivity (Wildman–Crippen MR) is 103 cm³/mol. The van der Waals surface area contributed by atoms with Crippen LogP contribution in [0, 0.1) is 5.92 Å². The molecule has 0 saturated heterocycles. The van der Waals surface area contributed by atoms with Gasteiger partial charge in [0, 0.05) is 23.7 Å². The molecule has 0 saturated carbocycles. The maximum absolute atomic E-state index is 12.4. The van der Waals surface area contributed by atoms with E-state index in [1.54, 1.807) is 28.8 Å². The monoisotopic (exact) mass is 376 g/mol. The number of H-pyrrole nitrogens is 1. The van der Waals surface area contributed by atoms with Crippen molar-refractivity contribution in [2.45, 2.75) is 45.3 Å². The number of carbonyl (C=O) groups is 2. The number of amides is 1. The summed E-state index contributed by atoms with van der Waals surface area (Å²) < 4.78 is 1.56. The summed E-state index contributed by atoms with van der Waals surface area (Å²) in [6.07, 6.45) is 1.85. The molecule has 7 nitrogen and oxygen atoms in total. The molecule has 0 unspecified atom stereocenters. The van der Waals surface area contributed by atoms with Crippen molar-refractivity contribution in [1.29, 1.82) is 0 Å². The molecule has 1 aromatic heterocycles. The third kappa shape index (κ3) is 5.32. The summed E-state index contributed by atoms with van der Waals surface area (Å²) >= 11 is 1.24. The smallest absolute Gasteiger partial charge is 0.326 e. The summed E-state index contributed by atoms with van der Waals surface area (Å²) in [5.74, 6) is -0.0435. The third-order valence-corrected chi connectivity index (χ3v) is 4.77. The van der Waals surface area contributed by atoms with Crippen molar-refractivity contribution < 1.29 is 9.59 Å². The number of Topliss-reactive ketones (excluding diaryl/α,β-unsaturated/α-hetero) is 1. The van der Waals surface area contributed by atoms with Crippen molar-refractivity contribution in [2.75, 3.05) is 11.1 Å². The second-order valence-electron chi connectivity index (χ2n) is 6.25. The van der Waals surface area contributed by atoms with E-state index in [0.717, 1.165) is 12.8 Å². The van der Waals surface area contributed by atoms with Gasteiger partial charge < -0.3 is 5.32 Å². The van der Waals surface area contributed by atoms with Crippen LogP contribution < -0.4 is 11.0 Å². The molecule has 0 fully saturated rings.